The number of methoxy groups -OCH3 is 1. The normalized spacial score (nSPS) is 12.4. The number of amides is 1. The van der Waals surface area contributed by atoms with Gasteiger partial charge in [0.1, 0.15) is 6.04 Å². The number of esters is 1. The van der Waals surface area contributed by atoms with Gasteiger partial charge in [0.25, 0.3) is 5.69 Å². The van der Waals surface area contributed by atoms with Gasteiger partial charge in [-0.05, 0) is 12.3 Å². The summed E-state index contributed by atoms with van der Waals surface area (Å²) in [6.07, 6.45) is 0.335. The fourth-order valence-corrected chi connectivity index (χ4v) is 3.42. The van der Waals surface area contributed by atoms with Crippen LogP contribution in [0.5, 0.6) is 0 Å². The Balaban J connectivity index is 2.71. The number of nitro groups is 1. The van der Waals surface area contributed by atoms with E-state index in [-0.39, 0.29) is 17.2 Å². The average Bonchev–Trinajstić information content (AvgIpc) is 2.58. The van der Waals surface area contributed by atoms with Gasteiger partial charge < -0.3 is 10.1 Å². The lowest BCUT2D eigenvalue weighted by Crippen LogP contribution is -2.46. The van der Waals surface area contributed by atoms with Crippen LogP contribution in [0.4, 0.5) is 5.69 Å². The Morgan fingerprint density at radius 2 is 1.89 bits per heavy atom. The molecule has 0 bridgehead atoms. The minimum absolute atomic E-state index is 0.00246. The molecule has 0 aliphatic heterocycles. The summed E-state index contributed by atoms with van der Waals surface area (Å²) in [5.41, 5.74) is -0.322. The molecule has 0 heterocycles. The maximum absolute atomic E-state index is 12.1. The van der Waals surface area contributed by atoms with E-state index in [1.165, 1.54) is 31.4 Å². The number of sulfonamides is 1. The zero-order valence-electron chi connectivity index (χ0n) is 15.3. The first kappa shape index (κ1) is 22.5. The molecule has 150 valence electrons. The quantitative estimate of drug-likeness (QED) is 0.334. The number of hydrogen-bond donors (Lipinski definition) is 2. The zero-order valence-corrected chi connectivity index (χ0v) is 16.1. The topological polar surface area (TPSA) is 145 Å². The van der Waals surface area contributed by atoms with Gasteiger partial charge in [-0.2, -0.15) is 0 Å². The molecular weight excluding hydrogens is 378 g/mol. The smallest absolute Gasteiger partial charge is 0.328 e. The Labute approximate surface area is 157 Å². The molecule has 1 atom stereocenters. The van der Waals surface area contributed by atoms with E-state index in [0.29, 0.717) is 6.42 Å². The van der Waals surface area contributed by atoms with E-state index in [0.717, 1.165) is 0 Å². The van der Waals surface area contributed by atoms with Crippen molar-refractivity contribution in [2.75, 3.05) is 13.7 Å². The van der Waals surface area contributed by atoms with E-state index in [2.05, 4.69) is 14.8 Å². The number of hydrogen-bond acceptors (Lipinski definition) is 7. The minimum Gasteiger partial charge on any atom is -0.467 e. The SMILES string of the molecule is COC(=O)C(CC(C)C)NC(=O)CNS(=O)(=O)Cc1ccccc1[N+](=O)[O-]. The van der Waals surface area contributed by atoms with Crippen molar-refractivity contribution in [3.63, 3.8) is 0 Å². The number of nitro benzene ring substituents is 1. The highest BCUT2D eigenvalue weighted by Gasteiger charge is 2.24. The Morgan fingerprint density at radius 1 is 1.26 bits per heavy atom. The van der Waals surface area contributed by atoms with Crippen LogP contribution in [0.15, 0.2) is 24.3 Å². The third kappa shape index (κ3) is 7.71. The maximum Gasteiger partial charge on any atom is 0.328 e. The van der Waals surface area contributed by atoms with Crippen LogP contribution in [0.1, 0.15) is 25.8 Å². The van der Waals surface area contributed by atoms with Gasteiger partial charge in [-0.15, -0.1) is 0 Å². The third-order valence-corrected chi connectivity index (χ3v) is 4.79. The summed E-state index contributed by atoms with van der Waals surface area (Å²) < 4.78 is 30.9. The van der Waals surface area contributed by atoms with Crippen LogP contribution in [0.25, 0.3) is 0 Å². The molecule has 0 radical (unpaired) electrons. The van der Waals surface area contributed by atoms with Crippen molar-refractivity contribution in [2.45, 2.75) is 32.1 Å². The van der Waals surface area contributed by atoms with Crippen LogP contribution in [0, 0.1) is 16.0 Å². The van der Waals surface area contributed by atoms with Crippen molar-refractivity contribution < 1.29 is 27.7 Å². The molecule has 27 heavy (non-hydrogen) atoms. The highest BCUT2D eigenvalue weighted by Crippen LogP contribution is 2.19. The molecule has 2 N–H and O–H groups in total. The van der Waals surface area contributed by atoms with E-state index < -0.39 is 45.2 Å². The molecule has 1 amide bonds. The average molecular weight is 401 g/mol. The Kier molecular flexibility index (Phi) is 8.32. The summed E-state index contributed by atoms with van der Waals surface area (Å²) in [4.78, 5) is 33.9. The molecule has 0 spiro atoms. The highest BCUT2D eigenvalue weighted by molar-refractivity contribution is 7.88. The number of nitrogens with zero attached hydrogens (tertiary/aromatic N) is 1. The molecule has 0 aromatic heterocycles. The summed E-state index contributed by atoms with van der Waals surface area (Å²) in [6, 6.07) is 4.55. The minimum atomic E-state index is -4.00. The van der Waals surface area contributed by atoms with E-state index in [4.69, 9.17) is 0 Å². The van der Waals surface area contributed by atoms with E-state index in [1.807, 2.05) is 13.8 Å². The Morgan fingerprint density at radius 3 is 2.44 bits per heavy atom. The summed E-state index contributed by atoms with van der Waals surface area (Å²) in [7, 11) is -2.81. The van der Waals surface area contributed by atoms with Crippen molar-refractivity contribution in [3.05, 3.63) is 39.9 Å². The standard InChI is InChI=1S/C16H23N3O7S/c1-11(2)8-13(16(21)26-3)18-15(20)9-17-27(24,25)10-12-6-4-5-7-14(12)19(22)23/h4-7,11,13,17H,8-10H2,1-3H3,(H,18,20). The fraction of sp³-hybridized carbons (Fsp3) is 0.500. The van der Waals surface area contributed by atoms with Crippen LogP contribution in [0.2, 0.25) is 0 Å². The van der Waals surface area contributed by atoms with Gasteiger partial charge in [-0.3, -0.25) is 14.9 Å². The number of ether oxygens (including phenoxy) is 1. The molecule has 1 aromatic carbocycles. The number of nitrogens with one attached hydrogen (secondary N) is 2. The van der Waals surface area contributed by atoms with Gasteiger partial charge in [0.15, 0.2) is 0 Å². The van der Waals surface area contributed by atoms with Gasteiger partial charge >= 0.3 is 5.97 Å². The number of carbonyl (C=O) groups is 2. The van der Waals surface area contributed by atoms with Crippen molar-refractivity contribution in [1.82, 2.24) is 10.0 Å². The summed E-state index contributed by atoms with van der Waals surface area (Å²) >= 11 is 0. The molecule has 1 unspecified atom stereocenters. The fourth-order valence-electron chi connectivity index (χ4n) is 2.32. The lowest BCUT2D eigenvalue weighted by Gasteiger charge is -2.18. The van der Waals surface area contributed by atoms with Gasteiger partial charge in [-0.25, -0.2) is 17.9 Å². The number of benzene rings is 1. The van der Waals surface area contributed by atoms with E-state index >= 15 is 0 Å². The van der Waals surface area contributed by atoms with Crippen molar-refractivity contribution in [1.29, 1.82) is 0 Å². The molecule has 0 aliphatic carbocycles. The van der Waals surface area contributed by atoms with E-state index in [1.54, 1.807) is 0 Å². The molecule has 0 saturated carbocycles. The lowest BCUT2D eigenvalue weighted by molar-refractivity contribution is -0.385. The third-order valence-electron chi connectivity index (χ3n) is 3.51. The van der Waals surface area contributed by atoms with Gasteiger partial charge in [-0.1, -0.05) is 32.0 Å². The van der Waals surface area contributed by atoms with Gasteiger partial charge in [0, 0.05) is 11.6 Å². The molecule has 11 heteroatoms. The maximum atomic E-state index is 12.1. The van der Waals surface area contributed by atoms with Crippen molar-refractivity contribution in [2.24, 2.45) is 5.92 Å². The van der Waals surface area contributed by atoms with E-state index in [9.17, 15) is 28.1 Å². The van der Waals surface area contributed by atoms with Crippen LogP contribution in [-0.4, -0.2) is 44.9 Å². The molecule has 0 saturated heterocycles. The molecule has 1 aromatic rings. The first-order chi connectivity index (χ1) is 12.6. The van der Waals surface area contributed by atoms with Crippen LogP contribution in [0.3, 0.4) is 0 Å². The second-order valence-corrected chi connectivity index (χ2v) is 8.05. The first-order valence-electron chi connectivity index (χ1n) is 8.12. The largest absolute Gasteiger partial charge is 0.467 e. The number of carbonyl (C=O) groups excluding carboxylic acids is 2. The Bertz CT molecular complexity index is 793. The molecule has 1 rings (SSSR count). The zero-order chi connectivity index (χ0) is 20.6. The van der Waals surface area contributed by atoms with Crippen molar-refractivity contribution >= 4 is 27.6 Å². The van der Waals surface area contributed by atoms with Crippen LogP contribution in [-0.2, 0) is 30.1 Å². The number of rotatable bonds is 10. The molecule has 0 fully saturated rings. The monoisotopic (exact) mass is 401 g/mol. The predicted octanol–water partition coefficient (Wildman–Crippen LogP) is 0.718. The van der Waals surface area contributed by atoms with Crippen LogP contribution < -0.4 is 10.0 Å². The second-order valence-electron chi connectivity index (χ2n) is 6.24. The van der Waals surface area contributed by atoms with Crippen LogP contribution >= 0.6 is 0 Å². The summed E-state index contributed by atoms with van der Waals surface area (Å²) in [5, 5.41) is 13.4. The first-order valence-corrected chi connectivity index (χ1v) is 9.77. The lowest BCUT2D eigenvalue weighted by atomic mass is 10.0. The van der Waals surface area contributed by atoms with Gasteiger partial charge in [0.05, 0.1) is 24.3 Å². The molecular formula is C16H23N3O7S. The second kappa shape index (κ2) is 9.97. The summed E-state index contributed by atoms with van der Waals surface area (Å²) in [6.45, 7) is 3.11. The van der Waals surface area contributed by atoms with Crippen molar-refractivity contribution in [3.8, 4) is 0 Å². The molecule has 10 nitrogen and oxygen atoms in total. The number of para-hydroxylation sites is 1. The Hall–Kier alpha value is -2.53. The molecule has 0 aliphatic rings. The highest BCUT2D eigenvalue weighted by atomic mass is 32.2. The summed E-state index contributed by atoms with van der Waals surface area (Å²) in [5.74, 6) is -1.88. The predicted molar refractivity (Wildman–Crippen MR) is 97.1 cm³/mol. The van der Waals surface area contributed by atoms with Gasteiger partial charge in [0.2, 0.25) is 15.9 Å².